The number of ether oxygens (including phenoxy) is 2. The summed E-state index contributed by atoms with van der Waals surface area (Å²) in [5.41, 5.74) is 6.44. The maximum Gasteiger partial charge on any atom is 0.323 e. The number of fused-ring (bicyclic) bond motifs is 1. The van der Waals surface area contributed by atoms with Crippen LogP contribution < -0.4 is 14.8 Å². The van der Waals surface area contributed by atoms with Gasteiger partial charge in [-0.25, -0.2) is 0 Å². The summed E-state index contributed by atoms with van der Waals surface area (Å²) in [4.78, 5) is 17.9. The minimum absolute atomic E-state index is 0.0715. The number of nitrogens with zero attached hydrogens (tertiary/aromatic N) is 5. The Hall–Kier alpha value is -5.03. The number of nitrogens with one attached hydrogen (secondary N) is 1. The van der Waals surface area contributed by atoms with Crippen LogP contribution in [0, 0.1) is 18.3 Å². The molecular weight excluding hydrogens is 684 g/mol. The fourth-order valence-corrected chi connectivity index (χ4v) is 6.70. The molecule has 0 spiro atoms. The number of likely N-dealkylation sites (tertiary alicyclic amines) is 1. The molecule has 0 radical (unpaired) electrons. The van der Waals surface area contributed by atoms with E-state index in [-0.39, 0.29) is 19.3 Å². The molecule has 1 saturated heterocycles. The van der Waals surface area contributed by atoms with Gasteiger partial charge in [0.2, 0.25) is 0 Å². The number of aliphatic hydroxyl groups excluding tert-OH is 2. The Labute approximate surface area is 306 Å². The number of carboxylic acid groups (broad SMARTS) is 1. The second-order valence-electron chi connectivity index (χ2n) is 12.9. The molecule has 12 nitrogen and oxygen atoms in total. The van der Waals surface area contributed by atoms with Crippen LogP contribution in [0.15, 0.2) is 73.2 Å². The van der Waals surface area contributed by atoms with Crippen LogP contribution in [0.3, 0.4) is 0 Å². The lowest BCUT2D eigenvalue weighted by Gasteiger charge is -2.18. The van der Waals surface area contributed by atoms with Crippen LogP contribution in [0.4, 0.5) is 0 Å². The highest BCUT2D eigenvalue weighted by atomic mass is 35.5. The van der Waals surface area contributed by atoms with Gasteiger partial charge in [0.05, 0.1) is 43.1 Å². The third-order valence-electron chi connectivity index (χ3n) is 9.27. The van der Waals surface area contributed by atoms with Gasteiger partial charge in [-0.3, -0.25) is 19.8 Å². The summed E-state index contributed by atoms with van der Waals surface area (Å²) in [7, 11) is 0. The molecule has 1 aliphatic heterocycles. The maximum absolute atomic E-state index is 11.5. The van der Waals surface area contributed by atoms with Crippen LogP contribution in [0.2, 0.25) is 5.02 Å². The number of nitriles is 1. The number of aliphatic hydroxyl groups is 2. The Morgan fingerprint density at radius 3 is 2.69 bits per heavy atom. The Morgan fingerprint density at radius 1 is 1.10 bits per heavy atom. The van der Waals surface area contributed by atoms with E-state index in [0.717, 1.165) is 71.4 Å². The highest BCUT2D eigenvalue weighted by molar-refractivity contribution is 6.31. The standard InChI is InChI=1S/C39H41ClN6O6/c1-25-31(5-3-8-37(25)51-12-4-10-45-11-9-30(48)22-45)32-6-2-7-36-33(32)20-44-46(36)21-29-15-38(52-24-27-13-26(16-41)17-42-18-27)28(14-34(29)40)19-43-35(23-47)39(49)50/h2-3,5-8,13-15,17-18,20,30,35,43,47-48H,4,9-12,19,21-24H2,1H3,(H,49,50)/t30-,35?/m1/s1. The number of pyridine rings is 1. The SMILES string of the molecule is Cc1c(OCCCN2CC[C@@H](O)C2)cccc1-c1cccc2c1cnn2Cc1cc(OCc2cncc(C#N)c2)c(CNC(CO)C(=O)O)cc1Cl. The summed E-state index contributed by atoms with van der Waals surface area (Å²) in [6, 6.07) is 18.3. The molecule has 4 N–H and O–H groups in total. The molecule has 1 aliphatic rings. The number of β-amino-alcohol motifs (C(OH)–C–C–N with tert-alkyl or cyclic N) is 1. The average Bonchev–Trinajstić information content (AvgIpc) is 3.76. The predicted octanol–water partition coefficient (Wildman–Crippen LogP) is 4.93. The van der Waals surface area contributed by atoms with Gasteiger partial charge in [0.25, 0.3) is 0 Å². The number of halogens is 1. The van der Waals surface area contributed by atoms with Crippen molar-refractivity contribution in [3.63, 3.8) is 0 Å². The highest BCUT2D eigenvalue weighted by Crippen LogP contribution is 2.36. The number of benzene rings is 3. The van der Waals surface area contributed by atoms with Crippen molar-refractivity contribution in [2.45, 2.75) is 51.6 Å². The van der Waals surface area contributed by atoms with Gasteiger partial charge in [-0.1, -0.05) is 35.9 Å². The van der Waals surface area contributed by atoms with E-state index in [1.165, 1.54) is 6.20 Å². The van der Waals surface area contributed by atoms with E-state index in [1.54, 1.807) is 18.3 Å². The number of aliphatic carboxylic acids is 1. The van der Waals surface area contributed by atoms with E-state index in [0.29, 0.717) is 40.6 Å². The van der Waals surface area contributed by atoms with E-state index in [1.807, 2.05) is 41.2 Å². The fraction of sp³-hybridized carbons (Fsp3) is 0.333. The van der Waals surface area contributed by atoms with Crippen molar-refractivity contribution in [1.82, 2.24) is 25.0 Å². The third-order valence-corrected chi connectivity index (χ3v) is 9.62. The summed E-state index contributed by atoms with van der Waals surface area (Å²) >= 11 is 6.83. The Kier molecular flexibility index (Phi) is 12.0. The summed E-state index contributed by atoms with van der Waals surface area (Å²) in [6.07, 6.45) is 6.42. The lowest BCUT2D eigenvalue weighted by Crippen LogP contribution is -2.39. The fourth-order valence-electron chi connectivity index (χ4n) is 6.46. The first kappa shape index (κ1) is 36.8. The smallest absolute Gasteiger partial charge is 0.323 e. The van der Waals surface area contributed by atoms with E-state index >= 15 is 0 Å². The van der Waals surface area contributed by atoms with Gasteiger partial charge in [0, 0.05) is 60.1 Å². The van der Waals surface area contributed by atoms with Crippen molar-refractivity contribution in [3.05, 3.63) is 106 Å². The summed E-state index contributed by atoms with van der Waals surface area (Å²) in [5.74, 6) is 0.113. The Balaban J connectivity index is 1.23. The van der Waals surface area contributed by atoms with Gasteiger partial charge in [-0.15, -0.1) is 0 Å². The van der Waals surface area contributed by atoms with Gasteiger partial charge in [0.15, 0.2) is 0 Å². The zero-order valence-electron chi connectivity index (χ0n) is 28.8. The topological polar surface area (TPSA) is 166 Å². The molecule has 6 rings (SSSR count). The van der Waals surface area contributed by atoms with Crippen LogP contribution in [-0.4, -0.2) is 85.9 Å². The van der Waals surface area contributed by atoms with Gasteiger partial charge < -0.3 is 29.7 Å². The largest absolute Gasteiger partial charge is 0.493 e. The van der Waals surface area contributed by atoms with Crippen LogP contribution >= 0.6 is 11.6 Å². The van der Waals surface area contributed by atoms with E-state index < -0.39 is 18.6 Å². The minimum atomic E-state index is -1.18. The summed E-state index contributed by atoms with van der Waals surface area (Å²) < 4.78 is 14.3. The Morgan fingerprint density at radius 2 is 1.92 bits per heavy atom. The first-order chi connectivity index (χ1) is 25.2. The lowest BCUT2D eigenvalue weighted by atomic mass is 9.97. The number of rotatable bonds is 16. The zero-order chi connectivity index (χ0) is 36.6. The molecular formula is C39H41ClN6O6. The number of aromatic nitrogens is 3. The second-order valence-corrected chi connectivity index (χ2v) is 13.3. The molecule has 1 unspecified atom stereocenters. The quantitative estimate of drug-likeness (QED) is 0.102. The molecule has 5 aromatic rings. The number of hydrogen-bond acceptors (Lipinski definition) is 10. The van der Waals surface area contributed by atoms with Crippen molar-refractivity contribution < 1.29 is 29.6 Å². The number of hydrogen-bond donors (Lipinski definition) is 4. The second kappa shape index (κ2) is 17.0. The molecule has 2 atom stereocenters. The Bertz CT molecular complexity index is 2080. The van der Waals surface area contributed by atoms with Crippen molar-refractivity contribution in [1.29, 1.82) is 5.26 Å². The number of carbonyl (C=O) groups is 1. The summed E-state index contributed by atoms with van der Waals surface area (Å²) in [6.45, 7) is 5.13. The van der Waals surface area contributed by atoms with Gasteiger partial charge >= 0.3 is 5.97 Å². The van der Waals surface area contributed by atoms with Crippen LogP contribution in [0.5, 0.6) is 11.5 Å². The molecule has 13 heteroatoms. The van der Waals surface area contributed by atoms with E-state index in [2.05, 4.69) is 40.3 Å². The van der Waals surface area contributed by atoms with Crippen LogP contribution in [0.25, 0.3) is 22.0 Å². The van der Waals surface area contributed by atoms with Crippen LogP contribution in [0.1, 0.15) is 40.7 Å². The number of carboxylic acids is 1. The van der Waals surface area contributed by atoms with E-state index in [4.69, 9.17) is 26.2 Å². The summed E-state index contributed by atoms with van der Waals surface area (Å²) in [5, 5.41) is 47.0. The molecule has 52 heavy (non-hydrogen) atoms. The molecule has 0 aliphatic carbocycles. The van der Waals surface area contributed by atoms with E-state index in [9.17, 15) is 25.4 Å². The highest BCUT2D eigenvalue weighted by Gasteiger charge is 2.21. The molecule has 270 valence electrons. The molecule has 0 saturated carbocycles. The maximum atomic E-state index is 11.5. The van der Waals surface area contributed by atoms with Crippen molar-refractivity contribution in [2.24, 2.45) is 0 Å². The molecule has 2 aromatic heterocycles. The molecule has 1 fully saturated rings. The predicted molar refractivity (Wildman–Crippen MR) is 196 cm³/mol. The van der Waals surface area contributed by atoms with Gasteiger partial charge in [-0.2, -0.15) is 10.4 Å². The monoisotopic (exact) mass is 724 g/mol. The molecule has 3 heterocycles. The first-order valence-electron chi connectivity index (χ1n) is 17.2. The van der Waals surface area contributed by atoms with Crippen molar-refractivity contribution in [3.8, 4) is 28.7 Å². The van der Waals surface area contributed by atoms with Gasteiger partial charge in [0.1, 0.15) is 30.2 Å². The third kappa shape index (κ3) is 8.70. The van der Waals surface area contributed by atoms with Crippen LogP contribution in [-0.2, 0) is 24.5 Å². The van der Waals surface area contributed by atoms with Crippen molar-refractivity contribution >= 4 is 28.5 Å². The zero-order valence-corrected chi connectivity index (χ0v) is 29.6. The first-order valence-corrected chi connectivity index (χ1v) is 17.5. The minimum Gasteiger partial charge on any atom is -0.493 e. The average molecular weight is 725 g/mol. The normalized spacial score (nSPS) is 15.1. The molecule has 3 aromatic carbocycles. The lowest BCUT2D eigenvalue weighted by molar-refractivity contribution is -0.140. The van der Waals surface area contributed by atoms with Crippen molar-refractivity contribution in [2.75, 3.05) is 32.8 Å². The molecule has 0 amide bonds. The molecule has 0 bridgehead atoms. The van der Waals surface area contributed by atoms with Gasteiger partial charge in [-0.05, 0) is 72.4 Å².